The number of amides is 1. The van der Waals surface area contributed by atoms with E-state index >= 15 is 0 Å². The number of hydrogen-bond acceptors (Lipinski definition) is 5. The van der Waals surface area contributed by atoms with Gasteiger partial charge in [0.2, 0.25) is 0 Å². The molecule has 2 aliphatic rings. The van der Waals surface area contributed by atoms with Gasteiger partial charge in [-0.1, -0.05) is 40.7 Å². The zero-order valence-electron chi connectivity index (χ0n) is 12.3. The third kappa shape index (κ3) is 3.05. The van der Waals surface area contributed by atoms with E-state index in [1.54, 1.807) is 6.21 Å². The minimum atomic E-state index is -0.335. The first-order chi connectivity index (χ1) is 11.1. The number of rotatable bonds is 3. The molecule has 7 heteroatoms. The van der Waals surface area contributed by atoms with Gasteiger partial charge in [-0.15, -0.1) is 0 Å². The molecule has 2 heterocycles. The monoisotopic (exact) mass is 373 g/mol. The number of fused-ring (bicyclic) bond motifs is 1. The van der Waals surface area contributed by atoms with Crippen molar-refractivity contribution < 1.29 is 4.79 Å². The molecule has 0 aliphatic carbocycles. The van der Waals surface area contributed by atoms with Crippen LogP contribution in [0.5, 0.6) is 0 Å². The van der Waals surface area contributed by atoms with Gasteiger partial charge in [0.25, 0.3) is 5.91 Å². The summed E-state index contributed by atoms with van der Waals surface area (Å²) in [4.78, 5) is 20.7. The minimum absolute atomic E-state index is 0.114. The SMILES string of the molecule is C=C1c2ccccc2N=C(CNC(=O)C2=C(N)NCC=N2)C1Br. The summed E-state index contributed by atoms with van der Waals surface area (Å²) in [5.41, 5.74) is 9.51. The molecule has 1 amide bonds. The van der Waals surface area contributed by atoms with Gasteiger partial charge in [0, 0.05) is 11.8 Å². The number of nitrogens with one attached hydrogen (secondary N) is 2. The molecule has 0 fully saturated rings. The highest BCUT2D eigenvalue weighted by Gasteiger charge is 2.25. The predicted octanol–water partition coefficient (Wildman–Crippen LogP) is 1.47. The van der Waals surface area contributed by atoms with Crippen LogP contribution >= 0.6 is 15.9 Å². The Morgan fingerprint density at radius 1 is 1.48 bits per heavy atom. The number of carbonyl (C=O) groups is 1. The van der Waals surface area contributed by atoms with Gasteiger partial charge in [-0.2, -0.15) is 0 Å². The van der Waals surface area contributed by atoms with Gasteiger partial charge in [-0.05, 0) is 11.6 Å². The summed E-state index contributed by atoms with van der Waals surface area (Å²) >= 11 is 3.59. The van der Waals surface area contributed by atoms with Crippen molar-refractivity contribution >= 4 is 45.0 Å². The lowest BCUT2D eigenvalue weighted by Crippen LogP contribution is -2.38. The number of benzene rings is 1. The van der Waals surface area contributed by atoms with Crippen molar-refractivity contribution in [3.63, 3.8) is 0 Å². The van der Waals surface area contributed by atoms with E-state index in [-0.39, 0.29) is 28.8 Å². The Bertz CT molecular complexity index is 765. The van der Waals surface area contributed by atoms with Crippen molar-refractivity contribution in [2.75, 3.05) is 13.1 Å². The molecule has 1 aromatic rings. The van der Waals surface area contributed by atoms with Crippen LogP contribution in [0.15, 0.2) is 52.3 Å². The molecule has 6 nitrogen and oxygen atoms in total. The van der Waals surface area contributed by atoms with Crippen molar-refractivity contribution in [1.29, 1.82) is 0 Å². The van der Waals surface area contributed by atoms with Crippen LogP contribution in [0.2, 0.25) is 0 Å². The molecule has 0 spiro atoms. The maximum Gasteiger partial charge on any atom is 0.273 e. The number of para-hydroxylation sites is 1. The standard InChI is InChI=1S/C16H16BrN5O/c1-9-10-4-2-3-5-11(10)22-12(13(9)17)8-21-16(23)14-15(18)20-7-6-19-14/h2-6,13,20H,1,7-8,18H2,(H,21,23). The molecule has 1 aromatic carbocycles. The number of aliphatic imine (C=N–C) groups is 2. The van der Waals surface area contributed by atoms with Crippen LogP contribution in [0.25, 0.3) is 5.57 Å². The smallest absolute Gasteiger partial charge is 0.273 e. The maximum absolute atomic E-state index is 12.2. The van der Waals surface area contributed by atoms with Gasteiger partial charge in [0.15, 0.2) is 5.70 Å². The molecule has 0 radical (unpaired) electrons. The topological polar surface area (TPSA) is 91.9 Å². The molecule has 3 rings (SSSR count). The summed E-state index contributed by atoms with van der Waals surface area (Å²) in [6.45, 7) is 4.92. The summed E-state index contributed by atoms with van der Waals surface area (Å²) < 4.78 is 0. The molecule has 4 N–H and O–H groups in total. The lowest BCUT2D eigenvalue weighted by molar-refractivity contribution is -0.117. The van der Waals surface area contributed by atoms with Crippen LogP contribution in [-0.2, 0) is 4.79 Å². The summed E-state index contributed by atoms with van der Waals surface area (Å²) in [5, 5.41) is 5.68. The van der Waals surface area contributed by atoms with Crippen molar-refractivity contribution in [3.05, 3.63) is 47.9 Å². The zero-order chi connectivity index (χ0) is 16.4. The highest BCUT2D eigenvalue weighted by molar-refractivity contribution is 9.10. The quantitative estimate of drug-likeness (QED) is 0.700. The molecule has 0 aromatic heterocycles. The lowest BCUT2D eigenvalue weighted by Gasteiger charge is -2.23. The van der Waals surface area contributed by atoms with E-state index in [9.17, 15) is 4.79 Å². The number of nitrogens with two attached hydrogens (primary N) is 1. The van der Waals surface area contributed by atoms with Crippen LogP contribution in [0.1, 0.15) is 5.56 Å². The fourth-order valence-electron chi connectivity index (χ4n) is 2.40. The first-order valence-electron chi connectivity index (χ1n) is 7.12. The van der Waals surface area contributed by atoms with Crippen LogP contribution in [0.4, 0.5) is 5.69 Å². The van der Waals surface area contributed by atoms with Gasteiger partial charge in [-0.3, -0.25) is 9.79 Å². The largest absolute Gasteiger partial charge is 0.384 e. The van der Waals surface area contributed by atoms with E-state index in [2.05, 4.69) is 43.1 Å². The number of hydrogen-bond donors (Lipinski definition) is 3. The van der Waals surface area contributed by atoms with Gasteiger partial charge >= 0.3 is 0 Å². The van der Waals surface area contributed by atoms with Crippen molar-refractivity contribution in [2.45, 2.75) is 4.83 Å². The fourth-order valence-corrected chi connectivity index (χ4v) is 2.91. The lowest BCUT2D eigenvalue weighted by atomic mass is 9.96. The summed E-state index contributed by atoms with van der Waals surface area (Å²) in [6, 6.07) is 7.79. The van der Waals surface area contributed by atoms with E-state index in [0.29, 0.717) is 6.54 Å². The average Bonchev–Trinajstić information content (AvgIpc) is 2.57. The van der Waals surface area contributed by atoms with E-state index < -0.39 is 0 Å². The Kier molecular flexibility index (Phi) is 4.29. The second-order valence-electron chi connectivity index (χ2n) is 5.15. The third-order valence-corrected chi connectivity index (χ3v) is 4.70. The minimum Gasteiger partial charge on any atom is -0.384 e. The highest BCUT2D eigenvalue weighted by Crippen LogP contribution is 2.35. The van der Waals surface area contributed by atoms with E-state index in [1.165, 1.54) is 0 Å². The predicted molar refractivity (Wildman–Crippen MR) is 96.0 cm³/mol. The maximum atomic E-state index is 12.2. The molecule has 0 bridgehead atoms. The van der Waals surface area contributed by atoms with Crippen LogP contribution < -0.4 is 16.4 Å². The van der Waals surface area contributed by atoms with Crippen molar-refractivity contribution in [2.24, 2.45) is 15.7 Å². The molecular formula is C16H16BrN5O. The number of halogens is 1. The molecule has 1 unspecified atom stereocenters. The van der Waals surface area contributed by atoms with Gasteiger partial charge < -0.3 is 16.4 Å². The van der Waals surface area contributed by atoms with Crippen LogP contribution in [-0.4, -0.2) is 35.8 Å². The summed E-state index contributed by atoms with van der Waals surface area (Å²) in [6.07, 6.45) is 1.61. The van der Waals surface area contributed by atoms with E-state index in [1.807, 2.05) is 24.3 Å². The summed E-state index contributed by atoms with van der Waals surface area (Å²) in [5.74, 6) is -0.0569. The van der Waals surface area contributed by atoms with Crippen molar-refractivity contribution in [3.8, 4) is 0 Å². The first-order valence-corrected chi connectivity index (χ1v) is 8.03. The molecule has 0 saturated heterocycles. The number of allylic oxidation sites excluding steroid dienone is 1. The number of carbonyl (C=O) groups excluding carboxylic acids is 1. The van der Waals surface area contributed by atoms with Crippen LogP contribution in [0.3, 0.4) is 0 Å². The molecular weight excluding hydrogens is 358 g/mol. The Labute approximate surface area is 142 Å². The molecule has 2 aliphatic heterocycles. The second-order valence-corrected chi connectivity index (χ2v) is 6.06. The van der Waals surface area contributed by atoms with Crippen LogP contribution in [0, 0.1) is 0 Å². The van der Waals surface area contributed by atoms with Gasteiger partial charge in [0.05, 0.1) is 29.3 Å². The second kappa shape index (κ2) is 6.37. The van der Waals surface area contributed by atoms with Crippen molar-refractivity contribution in [1.82, 2.24) is 10.6 Å². The Hall–Kier alpha value is -2.41. The van der Waals surface area contributed by atoms with E-state index in [4.69, 9.17) is 5.73 Å². The van der Waals surface area contributed by atoms with Gasteiger partial charge in [0.1, 0.15) is 5.82 Å². The Morgan fingerprint density at radius 3 is 3.04 bits per heavy atom. The molecule has 1 atom stereocenters. The normalized spacial score (nSPS) is 19.8. The average molecular weight is 374 g/mol. The molecule has 23 heavy (non-hydrogen) atoms. The summed E-state index contributed by atoms with van der Waals surface area (Å²) in [7, 11) is 0. The highest BCUT2D eigenvalue weighted by atomic mass is 79.9. The Morgan fingerprint density at radius 2 is 2.26 bits per heavy atom. The molecule has 118 valence electrons. The van der Waals surface area contributed by atoms with Gasteiger partial charge in [-0.25, -0.2) is 4.99 Å². The zero-order valence-corrected chi connectivity index (χ0v) is 13.9. The molecule has 0 saturated carbocycles. The fraction of sp³-hybridized carbons (Fsp3) is 0.188. The number of nitrogens with zero attached hydrogens (tertiary/aromatic N) is 2. The number of alkyl halides is 1. The third-order valence-electron chi connectivity index (χ3n) is 3.62. The Balaban J connectivity index is 1.76. The van der Waals surface area contributed by atoms with E-state index in [0.717, 1.165) is 22.5 Å². The first kappa shape index (κ1) is 15.5.